The molecule has 0 radical (unpaired) electrons. The molecule has 1 rings (SSSR count). The molecule has 0 aliphatic rings. The average Bonchev–Trinajstić information content (AvgIpc) is 2.15. The Balaban J connectivity index is 2.98. The molecule has 66 valence electrons. The zero-order valence-corrected chi connectivity index (χ0v) is 7.50. The van der Waals surface area contributed by atoms with Crippen molar-refractivity contribution in [1.29, 1.82) is 0 Å². The van der Waals surface area contributed by atoms with E-state index in [9.17, 15) is 4.79 Å². The van der Waals surface area contributed by atoms with Crippen molar-refractivity contribution in [3.8, 4) is 11.8 Å². The number of hydrogen-bond donors (Lipinski definition) is 1. The second kappa shape index (κ2) is 4.44. The quantitative estimate of drug-likeness (QED) is 0.512. The van der Waals surface area contributed by atoms with Crippen LogP contribution in [0.25, 0.3) is 0 Å². The highest BCUT2D eigenvalue weighted by Gasteiger charge is 1.97. The number of ketones is 1. The Morgan fingerprint density at radius 1 is 1.54 bits per heavy atom. The summed E-state index contributed by atoms with van der Waals surface area (Å²) >= 11 is 0. The first-order chi connectivity index (χ1) is 6.24. The van der Waals surface area contributed by atoms with E-state index in [0.29, 0.717) is 12.1 Å². The smallest absolute Gasteiger partial charge is 0.159 e. The Kier molecular flexibility index (Phi) is 3.24. The second-order valence-corrected chi connectivity index (χ2v) is 2.64. The third-order valence-corrected chi connectivity index (χ3v) is 1.60. The molecule has 0 atom stereocenters. The number of hydrogen-bond acceptors (Lipinski definition) is 2. The zero-order valence-electron chi connectivity index (χ0n) is 7.50. The minimum absolute atomic E-state index is 0.0522. The molecule has 0 aliphatic heterocycles. The molecule has 2 heteroatoms. The second-order valence-electron chi connectivity index (χ2n) is 2.64. The van der Waals surface area contributed by atoms with Gasteiger partial charge in [-0.1, -0.05) is 24.0 Å². The predicted octanol–water partition coefficient (Wildman–Crippen LogP) is 1.20. The molecule has 0 unspecified atom stereocenters. The first-order valence-corrected chi connectivity index (χ1v) is 4.04. The zero-order chi connectivity index (χ0) is 9.68. The van der Waals surface area contributed by atoms with Crippen LogP contribution in [0.15, 0.2) is 24.3 Å². The van der Waals surface area contributed by atoms with Gasteiger partial charge in [0.15, 0.2) is 5.78 Å². The van der Waals surface area contributed by atoms with Crippen molar-refractivity contribution in [3.05, 3.63) is 35.4 Å². The van der Waals surface area contributed by atoms with Crippen molar-refractivity contribution in [2.45, 2.75) is 6.92 Å². The van der Waals surface area contributed by atoms with Gasteiger partial charge in [-0.25, -0.2) is 0 Å². The molecule has 2 N–H and O–H groups in total. The summed E-state index contributed by atoms with van der Waals surface area (Å²) in [6, 6.07) is 7.22. The molecular formula is C11H11NO. The van der Waals surface area contributed by atoms with Crippen LogP contribution in [0.2, 0.25) is 0 Å². The van der Waals surface area contributed by atoms with Crippen LogP contribution in [0.4, 0.5) is 0 Å². The number of nitrogens with two attached hydrogens (primary N) is 1. The highest BCUT2D eigenvalue weighted by molar-refractivity contribution is 5.94. The minimum atomic E-state index is 0.0522. The molecular weight excluding hydrogens is 162 g/mol. The maximum absolute atomic E-state index is 11.0. The van der Waals surface area contributed by atoms with Crippen LogP contribution in [-0.4, -0.2) is 12.3 Å². The summed E-state index contributed by atoms with van der Waals surface area (Å²) in [4.78, 5) is 11.0. The first kappa shape index (κ1) is 9.50. The molecule has 1 aromatic rings. The summed E-state index contributed by atoms with van der Waals surface area (Å²) < 4.78 is 0. The van der Waals surface area contributed by atoms with Crippen molar-refractivity contribution >= 4 is 5.78 Å². The van der Waals surface area contributed by atoms with Crippen molar-refractivity contribution < 1.29 is 4.79 Å². The van der Waals surface area contributed by atoms with Crippen LogP contribution >= 0.6 is 0 Å². The molecule has 0 saturated heterocycles. The molecule has 0 fully saturated rings. The summed E-state index contributed by atoms with van der Waals surface area (Å²) in [6.07, 6.45) is 0. The van der Waals surface area contributed by atoms with Crippen molar-refractivity contribution in [2.24, 2.45) is 5.73 Å². The lowest BCUT2D eigenvalue weighted by atomic mass is 10.1. The van der Waals surface area contributed by atoms with Gasteiger partial charge >= 0.3 is 0 Å². The average molecular weight is 173 g/mol. The van der Waals surface area contributed by atoms with Crippen LogP contribution in [0.1, 0.15) is 22.8 Å². The molecule has 0 heterocycles. The topological polar surface area (TPSA) is 43.1 Å². The Morgan fingerprint density at radius 3 is 2.92 bits per heavy atom. The van der Waals surface area contributed by atoms with E-state index in [4.69, 9.17) is 5.73 Å². The summed E-state index contributed by atoms with van der Waals surface area (Å²) in [6.45, 7) is 1.87. The monoisotopic (exact) mass is 173 g/mol. The Labute approximate surface area is 77.8 Å². The summed E-state index contributed by atoms with van der Waals surface area (Å²) in [7, 11) is 0. The number of Topliss-reactive ketones (excluding diaryl/α,β-unsaturated/α-hetero) is 1. The lowest BCUT2D eigenvalue weighted by molar-refractivity contribution is 0.101. The van der Waals surface area contributed by atoms with Crippen molar-refractivity contribution in [2.75, 3.05) is 6.54 Å². The molecule has 1 aromatic carbocycles. The Morgan fingerprint density at radius 2 is 2.31 bits per heavy atom. The lowest BCUT2D eigenvalue weighted by Gasteiger charge is -1.94. The molecule has 0 saturated carbocycles. The normalized spacial score (nSPS) is 8.77. The lowest BCUT2D eigenvalue weighted by Crippen LogP contribution is -1.94. The largest absolute Gasteiger partial charge is 0.320 e. The van der Waals surface area contributed by atoms with E-state index in [1.807, 2.05) is 12.1 Å². The van der Waals surface area contributed by atoms with E-state index in [1.54, 1.807) is 12.1 Å². The summed E-state index contributed by atoms with van der Waals surface area (Å²) in [5.41, 5.74) is 6.75. The molecule has 2 nitrogen and oxygen atoms in total. The van der Waals surface area contributed by atoms with Gasteiger partial charge in [-0.3, -0.25) is 4.79 Å². The van der Waals surface area contributed by atoms with Crippen LogP contribution in [0.5, 0.6) is 0 Å². The SMILES string of the molecule is CC(=O)c1cccc(C#CCN)c1. The molecule has 0 bridgehead atoms. The van der Waals surface area contributed by atoms with E-state index in [1.165, 1.54) is 6.92 Å². The highest BCUT2D eigenvalue weighted by Crippen LogP contribution is 2.04. The summed E-state index contributed by atoms with van der Waals surface area (Å²) in [5, 5.41) is 0. The standard InChI is InChI=1S/C11H11NO/c1-9(13)11-6-2-4-10(8-11)5-3-7-12/h2,4,6,8H,7,12H2,1H3. The molecule has 0 spiro atoms. The maximum Gasteiger partial charge on any atom is 0.159 e. The van der Waals surface area contributed by atoms with E-state index in [-0.39, 0.29) is 5.78 Å². The van der Waals surface area contributed by atoms with Crippen molar-refractivity contribution in [1.82, 2.24) is 0 Å². The van der Waals surface area contributed by atoms with Gasteiger partial charge in [0.2, 0.25) is 0 Å². The third-order valence-electron chi connectivity index (χ3n) is 1.60. The van der Waals surface area contributed by atoms with Gasteiger partial charge in [0.1, 0.15) is 0 Å². The number of carbonyl (C=O) groups is 1. The van der Waals surface area contributed by atoms with E-state index in [2.05, 4.69) is 11.8 Å². The van der Waals surface area contributed by atoms with E-state index < -0.39 is 0 Å². The van der Waals surface area contributed by atoms with E-state index in [0.717, 1.165) is 5.56 Å². The van der Waals surface area contributed by atoms with Crippen LogP contribution in [0.3, 0.4) is 0 Å². The number of carbonyl (C=O) groups excluding carboxylic acids is 1. The van der Waals surface area contributed by atoms with Gasteiger partial charge in [0.25, 0.3) is 0 Å². The van der Waals surface area contributed by atoms with Crippen LogP contribution in [-0.2, 0) is 0 Å². The third kappa shape index (κ3) is 2.73. The number of rotatable bonds is 1. The Bertz CT molecular complexity index is 371. The Hall–Kier alpha value is -1.59. The number of benzene rings is 1. The first-order valence-electron chi connectivity index (χ1n) is 4.04. The molecule has 0 aliphatic carbocycles. The summed E-state index contributed by atoms with van der Waals surface area (Å²) in [5.74, 6) is 5.66. The molecule has 13 heavy (non-hydrogen) atoms. The highest BCUT2D eigenvalue weighted by atomic mass is 16.1. The van der Waals surface area contributed by atoms with Gasteiger partial charge in [-0.2, -0.15) is 0 Å². The minimum Gasteiger partial charge on any atom is -0.320 e. The van der Waals surface area contributed by atoms with Crippen LogP contribution in [0, 0.1) is 11.8 Å². The van der Waals surface area contributed by atoms with E-state index >= 15 is 0 Å². The van der Waals surface area contributed by atoms with Crippen LogP contribution < -0.4 is 5.73 Å². The predicted molar refractivity (Wildman–Crippen MR) is 52.4 cm³/mol. The fraction of sp³-hybridized carbons (Fsp3) is 0.182. The van der Waals surface area contributed by atoms with Gasteiger partial charge in [0.05, 0.1) is 6.54 Å². The van der Waals surface area contributed by atoms with Gasteiger partial charge in [-0.05, 0) is 19.1 Å². The fourth-order valence-corrected chi connectivity index (χ4v) is 0.969. The van der Waals surface area contributed by atoms with Crippen molar-refractivity contribution in [3.63, 3.8) is 0 Å². The molecule has 0 amide bonds. The molecule has 0 aromatic heterocycles. The maximum atomic E-state index is 11.0. The van der Waals surface area contributed by atoms with Gasteiger partial charge in [-0.15, -0.1) is 0 Å². The van der Waals surface area contributed by atoms with Gasteiger partial charge < -0.3 is 5.73 Å². The van der Waals surface area contributed by atoms with Gasteiger partial charge in [0, 0.05) is 11.1 Å². The fourth-order valence-electron chi connectivity index (χ4n) is 0.969.